The van der Waals surface area contributed by atoms with Crippen LogP contribution in [0.25, 0.3) is 0 Å². The van der Waals surface area contributed by atoms with Crippen LogP contribution in [0.2, 0.25) is 0 Å². The minimum Gasteiger partial charge on any atom is -0.342 e. The van der Waals surface area contributed by atoms with Crippen molar-refractivity contribution in [2.45, 2.75) is 44.1 Å². The Morgan fingerprint density at radius 1 is 1.04 bits per heavy atom. The van der Waals surface area contributed by atoms with Gasteiger partial charge in [-0.1, -0.05) is 28.1 Å². The van der Waals surface area contributed by atoms with Crippen LogP contribution in [0.5, 0.6) is 0 Å². The van der Waals surface area contributed by atoms with Crippen molar-refractivity contribution in [3.05, 3.63) is 62.5 Å². The van der Waals surface area contributed by atoms with Crippen LogP contribution in [-0.2, 0) is 11.2 Å². The molecule has 0 atom stereocenters. The molecule has 0 N–H and O–H groups in total. The Balaban J connectivity index is 1.38. The second-order valence-electron chi connectivity index (χ2n) is 7.23. The molecule has 26 heavy (non-hydrogen) atoms. The first kappa shape index (κ1) is 17.5. The Labute approximate surface area is 161 Å². The maximum Gasteiger partial charge on any atom is 0.267 e. The molecule has 6 heteroatoms. The van der Waals surface area contributed by atoms with Gasteiger partial charge in [0.2, 0.25) is 5.91 Å². The van der Waals surface area contributed by atoms with E-state index in [2.05, 4.69) is 21.0 Å². The van der Waals surface area contributed by atoms with Crippen LogP contribution in [0.15, 0.2) is 45.7 Å². The number of halogens is 1. The topological polar surface area (TPSA) is 55.2 Å². The fourth-order valence-electron chi connectivity index (χ4n) is 3.55. The average molecular weight is 416 g/mol. The Morgan fingerprint density at radius 3 is 2.38 bits per heavy atom. The van der Waals surface area contributed by atoms with Crippen LogP contribution >= 0.6 is 15.9 Å². The van der Waals surface area contributed by atoms with Crippen molar-refractivity contribution in [3.8, 4) is 0 Å². The molecule has 2 heterocycles. The number of rotatable bonds is 4. The van der Waals surface area contributed by atoms with Gasteiger partial charge in [-0.25, -0.2) is 4.68 Å². The molecule has 4 rings (SSSR count). The second-order valence-corrected chi connectivity index (χ2v) is 8.15. The molecule has 0 spiro atoms. The van der Waals surface area contributed by atoms with E-state index < -0.39 is 0 Å². The lowest BCUT2D eigenvalue weighted by molar-refractivity contribution is -0.131. The zero-order valence-corrected chi connectivity index (χ0v) is 16.2. The summed E-state index contributed by atoms with van der Waals surface area (Å²) in [5, 5.41) is 4.60. The maximum absolute atomic E-state index is 12.5. The summed E-state index contributed by atoms with van der Waals surface area (Å²) in [5.74, 6) is 0.687. The van der Waals surface area contributed by atoms with Crippen LogP contribution in [0.3, 0.4) is 0 Å². The number of nitrogens with zero attached hydrogens (tertiary/aromatic N) is 3. The van der Waals surface area contributed by atoms with E-state index in [1.165, 1.54) is 12.8 Å². The number of likely N-dealkylation sites (tertiary alicyclic amines) is 1. The van der Waals surface area contributed by atoms with Crippen molar-refractivity contribution in [1.82, 2.24) is 14.7 Å². The number of aromatic nitrogens is 2. The first-order valence-corrected chi connectivity index (χ1v) is 10.0. The number of benzene rings is 1. The summed E-state index contributed by atoms with van der Waals surface area (Å²) in [6.07, 6.45) is 4.34. The lowest BCUT2D eigenvalue weighted by atomic mass is 10.0. The molecule has 1 amide bonds. The predicted molar refractivity (Wildman–Crippen MR) is 103 cm³/mol. The number of amides is 1. The summed E-state index contributed by atoms with van der Waals surface area (Å²) in [4.78, 5) is 26.7. The molecular formula is C20H22BrN3O2. The monoisotopic (exact) mass is 415 g/mol. The molecular weight excluding hydrogens is 394 g/mol. The van der Waals surface area contributed by atoms with Gasteiger partial charge in [0.05, 0.1) is 18.2 Å². The van der Waals surface area contributed by atoms with Crippen LogP contribution in [-0.4, -0.2) is 33.7 Å². The van der Waals surface area contributed by atoms with Gasteiger partial charge in [0.1, 0.15) is 0 Å². The first-order chi connectivity index (χ1) is 12.6. The normalized spacial score (nSPS) is 18.1. The van der Waals surface area contributed by atoms with Gasteiger partial charge in [-0.2, -0.15) is 5.10 Å². The van der Waals surface area contributed by atoms with Gasteiger partial charge in [-0.05, 0) is 49.4 Å². The molecule has 2 aliphatic rings. The van der Waals surface area contributed by atoms with Crippen molar-refractivity contribution >= 4 is 21.8 Å². The van der Waals surface area contributed by atoms with Gasteiger partial charge in [-0.15, -0.1) is 0 Å². The lowest BCUT2D eigenvalue weighted by Crippen LogP contribution is -2.42. The average Bonchev–Trinajstić information content (AvgIpc) is 3.49. The minimum atomic E-state index is -0.0333. The Morgan fingerprint density at radius 2 is 1.73 bits per heavy atom. The SMILES string of the molecule is O=C(Cc1ccc(Br)cc1)N1CCC(n2nc(C3CC3)ccc2=O)CC1. The van der Waals surface area contributed by atoms with Gasteiger partial charge in [0, 0.05) is 29.5 Å². The Hall–Kier alpha value is -1.95. The summed E-state index contributed by atoms with van der Waals surface area (Å²) < 4.78 is 2.67. The number of piperidine rings is 1. The van der Waals surface area contributed by atoms with Crippen LogP contribution in [0, 0.1) is 0 Å². The molecule has 0 unspecified atom stereocenters. The van der Waals surface area contributed by atoms with E-state index >= 15 is 0 Å². The van der Waals surface area contributed by atoms with Gasteiger partial charge >= 0.3 is 0 Å². The van der Waals surface area contributed by atoms with E-state index in [1.807, 2.05) is 35.2 Å². The van der Waals surface area contributed by atoms with E-state index in [-0.39, 0.29) is 17.5 Å². The molecule has 5 nitrogen and oxygen atoms in total. The number of carbonyl (C=O) groups is 1. The summed E-state index contributed by atoms with van der Waals surface area (Å²) in [6.45, 7) is 1.36. The van der Waals surface area contributed by atoms with Crippen LogP contribution < -0.4 is 5.56 Å². The molecule has 1 aliphatic carbocycles. The van der Waals surface area contributed by atoms with Gasteiger partial charge < -0.3 is 4.90 Å². The molecule has 2 fully saturated rings. The lowest BCUT2D eigenvalue weighted by Gasteiger charge is -2.32. The largest absolute Gasteiger partial charge is 0.342 e. The van der Waals surface area contributed by atoms with Gasteiger partial charge in [0.25, 0.3) is 5.56 Å². The van der Waals surface area contributed by atoms with Crippen molar-refractivity contribution in [2.24, 2.45) is 0 Å². The second kappa shape index (κ2) is 7.35. The molecule has 136 valence electrons. The zero-order valence-electron chi connectivity index (χ0n) is 14.6. The quantitative estimate of drug-likeness (QED) is 0.769. The van der Waals surface area contributed by atoms with Crippen molar-refractivity contribution in [1.29, 1.82) is 0 Å². The van der Waals surface area contributed by atoms with E-state index in [9.17, 15) is 9.59 Å². The molecule has 2 aromatic rings. The molecule has 0 bridgehead atoms. The summed E-state index contributed by atoms with van der Waals surface area (Å²) in [5.41, 5.74) is 2.03. The molecule has 1 saturated heterocycles. The highest BCUT2D eigenvalue weighted by atomic mass is 79.9. The standard InChI is InChI=1S/C20H22BrN3O2/c21-16-5-1-14(2-6-16)13-20(26)23-11-9-17(10-12-23)24-19(25)8-7-18(22-24)15-3-4-15/h1-2,5-8,15,17H,3-4,9-13H2. The summed E-state index contributed by atoms with van der Waals surface area (Å²) in [6, 6.07) is 11.5. The molecule has 1 aliphatic heterocycles. The highest BCUT2D eigenvalue weighted by molar-refractivity contribution is 9.10. The summed E-state index contributed by atoms with van der Waals surface area (Å²) in [7, 11) is 0. The maximum atomic E-state index is 12.5. The molecule has 0 radical (unpaired) electrons. The number of hydrogen-bond donors (Lipinski definition) is 0. The highest BCUT2D eigenvalue weighted by Crippen LogP contribution is 2.38. The van der Waals surface area contributed by atoms with Crippen molar-refractivity contribution in [2.75, 3.05) is 13.1 Å². The third-order valence-corrected chi connectivity index (χ3v) is 5.80. The molecule has 1 saturated carbocycles. The predicted octanol–water partition coefficient (Wildman–Crippen LogP) is 3.29. The fourth-order valence-corrected chi connectivity index (χ4v) is 3.81. The smallest absolute Gasteiger partial charge is 0.267 e. The van der Waals surface area contributed by atoms with Crippen LogP contribution in [0.4, 0.5) is 0 Å². The summed E-state index contributed by atoms with van der Waals surface area (Å²) >= 11 is 3.41. The Kier molecular flexibility index (Phi) is 4.94. The molecule has 1 aromatic heterocycles. The third kappa shape index (κ3) is 3.90. The molecule has 1 aromatic carbocycles. The van der Waals surface area contributed by atoms with Gasteiger partial charge in [-0.3, -0.25) is 9.59 Å². The number of hydrogen-bond acceptors (Lipinski definition) is 3. The first-order valence-electron chi connectivity index (χ1n) is 9.22. The Bertz CT molecular complexity index is 850. The highest BCUT2D eigenvalue weighted by Gasteiger charge is 2.28. The minimum absolute atomic E-state index is 0.0333. The van der Waals surface area contributed by atoms with Crippen LogP contribution in [0.1, 0.15) is 48.9 Å². The number of carbonyl (C=O) groups excluding carboxylic acids is 1. The fraction of sp³-hybridized carbons (Fsp3) is 0.450. The van der Waals surface area contributed by atoms with Gasteiger partial charge in [0.15, 0.2) is 0 Å². The van der Waals surface area contributed by atoms with E-state index in [1.54, 1.807) is 10.7 Å². The van der Waals surface area contributed by atoms with E-state index in [4.69, 9.17) is 0 Å². The third-order valence-electron chi connectivity index (χ3n) is 5.27. The van der Waals surface area contributed by atoms with E-state index in [0.29, 0.717) is 25.4 Å². The van der Waals surface area contributed by atoms with E-state index in [0.717, 1.165) is 28.6 Å². The zero-order chi connectivity index (χ0) is 18.1. The van der Waals surface area contributed by atoms with Crippen molar-refractivity contribution in [3.63, 3.8) is 0 Å². The van der Waals surface area contributed by atoms with Crippen molar-refractivity contribution < 1.29 is 4.79 Å².